The average molecular weight is 1470 g/mol. The molecule has 0 atom stereocenters. The van der Waals surface area contributed by atoms with Gasteiger partial charge in [-0.2, -0.15) is 0 Å². The summed E-state index contributed by atoms with van der Waals surface area (Å²) >= 11 is 3.71. The van der Waals surface area contributed by atoms with Crippen LogP contribution in [-0.2, 0) is 5.41 Å². The van der Waals surface area contributed by atoms with Crippen molar-refractivity contribution < 1.29 is 4.42 Å². The minimum absolute atomic E-state index is 0.155. The standard InChI is InChI=1S/C59H44N2S.C46H30N2OS/c1-5-38-16-19-40(20-17-38)41-21-24-44(25-22-41)60-45-26-31-57-54(35-45)52-29-23-43(34-58(52)62-57)53-36-48(33-42-12-10-11-15-49(42)53)61(46-13-8-7-9-14-46)47-27-30-51-50-28-18-39(6-2)32-55(50)59(3,4)56(51)37-47;1-2-12-33(13-3-1)48(35-25-26-39-38-15-6-7-19-43(38)49-44(39)29-35)34-23-20-31(21-24-34)37-16-9-17-40-41-28-32(22-27-45(41)50-46(37)40)47-42-18-8-11-30-10-4-5-14-36(30)42/h5-37,60H,1-2H2,3-4H3;1-29,47H. The molecule has 21 rings (SSSR count). The molecular weight excluding hydrogens is 1400 g/mol. The van der Waals surface area contributed by atoms with Crippen LogP contribution >= 0.6 is 22.7 Å². The van der Waals surface area contributed by atoms with Gasteiger partial charge in [-0.25, -0.2) is 0 Å². The first-order valence-electron chi connectivity index (χ1n) is 38.0. The molecule has 2 N–H and O–H groups in total. The van der Waals surface area contributed by atoms with Crippen LogP contribution in [0.5, 0.6) is 0 Å². The maximum absolute atomic E-state index is 6.28. The van der Waals surface area contributed by atoms with Crippen molar-refractivity contribution in [3.05, 3.63) is 399 Å². The summed E-state index contributed by atoms with van der Waals surface area (Å²) in [4.78, 5) is 4.71. The lowest BCUT2D eigenvalue weighted by Gasteiger charge is -2.29. The van der Waals surface area contributed by atoms with E-state index in [4.69, 9.17) is 4.42 Å². The zero-order chi connectivity index (χ0) is 75.0. The monoisotopic (exact) mass is 1470 g/mol. The van der Waals surface area contributed by atoms with Gasteiger partial charge in [0, 0.05) is 125 Å². The fraction of sp³-hybridized carbons (Fsp3) is 0.0286. The third kappa shape index (κ3) is 12.2. The van der Waals surface area contributed by atoms with Gasteiger partial charge in [0.15, 0.2) is 0 Å². The molecule has 0 unspecified atom stereocenters. The number of para-hydroxylation sites is 3. The molecule has 0 saturated heterocycles. The predicted octanol–water partition coefficient (Wildman–Crippen LogP) is 31.3. The molecule has 3 aromatic heterocycles. The van der Waals surface area contributed by atoms with E-state index in [1.807, 2.05) is 47.0 Å². The second-order valence-corrected chi connectivity index (χ2v) is 31.6. The summed E-state index contributed by atoms with van der Waals surface area (Å²) in [5.74, 6) is 0. The van der Waals surface area contributed by atoms with E-state index < -0.39 is 0 Å². The fourth-order valence-electron chi connectivity index (χ4n) is 16.7. The quantitative estimate of drug-likeness (QED) is 0.107. The molecule has 17 aromatic carbocycles. The number of nitrogens with one attached hydrogen (secondary N) is 2. The highest BCUT2D eigenvalue weighted by molar-refractivity contribution is 7.26. The lowest BCUT2D eigenvalue weighted by atomic mass is 9.81. The first-order chi connectivity index (χ1) is 55.1. The van der Waals surface area contributed by atoms with Gasteiger partial charge in [0.05, 0.1) is 0 Å². The summed E-state index contributed by atoms with van der Waals surface area (Å²) < 4.78 is 11.4. The SMILES string of the molecule is C=Cc1ccc(-c2ccc(Nc3ccc4sc5cc(-c6cc(N(c7ccccc7)c7ccc8c(c7)C(C)(C)c7cc(C=C)ccc7-8)cc7ccccc67)ccc5c4c3)cc2)cc1.c1ccc(N(c2ccc(-c3cccc4c3sc3ccc(Nc5cccc6ccccc56)cc34)cc2)c2ccc3c(c2)oc2ccccc23)cc1. The van der Waals surface area contributed by atoms with E-state index in [0.29, 0.717) is 0 Å². The third-order valence-electron chi connectivity index (χ3n) is 22.4. The second kappa shape index (κ2) is 28.0. The van der Waals surface area contributed by atoms with Crippen LogP contribution in [0.25, 0.3) is 140 Å². The number of fused-ring (bicyclic) bond motifs is 14. The largest absolute Gasteiger partial charge is 0.456 e. The minimum Gasteiger partial charge on any atom is -0.456 e. The molecule has 0 radical (unpaired) electrons. The average Bonchev–Trinajstić information content (AvgIpc) is 1.55. The van der Waals surface area contributed by atoms with Gasteiger partial charge in [-0.15, -0.1) is 22.7 Å². The Hall–Kier alpha value is -13.8. The molecule has 0 fully saturated rings. The highest BCUT2D eigenvalue weighted by atomic mass is 32.1. The normalized spacial score (nSPS) is 12.2. The van der Waals surface area contributed by atoms with Crippen molar-refractivity contribution in [3.63, 3.8) is 0 Å². The zero-order valence-electron chi connectivity index (χ0n) is 61.8. The number of rotatable bonds is 15. The van der Waals surface area contributed by atoms with Gasteiger partial charge in [-0.3, -0.25) is 0 Å². The highest BCUT2D eigenvalue weighted by Gasteiger charge is 2.36. The lowest BCUT2D eigenvalue weighted by molar-refractivity contribution is 0.660. The van der Waals surface area contributed by atoms with E-state index >= 15 is 0 Å². The number of furan rings is 1. The lowest BCUT2D eigenvalue weighted by Crippen LogP contribution is -2.16. The van der Waals surface area contributed by atoms with E-state index in [9.17, 15) is 0 Å². The van der Waals surface area contributed by atoms with E-state index in [-0.39, 0.29) is 5.41 Å². The van der Waals surface area contributed by atoms with Gasteiger partial charge in [0.1, 0.15) is 11.2 Å². The molecule has 5 nitrogen and oxygen atoms in total. The maximum Gasteiger partial charge on any atom is 0.137 e. The highest BCUT2D eigenvalue weighted by Crippen LogP contribution is 2.53. The Labute approximate surface area is 658 Å². The molecule has 0 bridgehead atoms. The molecular formula is C105H74N4OS2. The molecule has 3 heterocycles. The number of hydrogen-bond donors (Lipinski definition) is 2. The fourth-order valence-corrected chi connectivity index (χ4v) is 19.0. The summed E-state index contributed by atoms with van der Waals surface area (Å²) in [6, 6.07) is 131. The number of thiophene rings is 2. The molecule has 20 aromatic rings. The van der Waals surface area contributed by atoms with Crippen LogP contribution in [0.15, 0.2) is 382 Å². The van der Waals surface area contributed by atoms with Crippen LogP contribution in [0.2, 0.25) is 0 Å². The Morgan fingerprint density at radius 3 is 1.57 bits per heavy atom. The second-order valence-electron chi connectivity index (χ2n) is 29.4. The first-order valence-corrected chi connectivity index (χ1v) is 39.7. The van der Waals surface area contributed by atoms with Gasteiger partial charge in [0.2, 0.25) is 0 Å². The summed E-state index contributed by atoms with van der Waals surface area (Å²) in [7, 11) is 0. The van der Waals surface area contributed by atoms with Crippen LogP contribution in [0.3, 0.4) is 0 Å². The molecule has 1 aliphatic rings. The van der Waals surface area contributed by atoms with Crippen LogP contribution in [0.4, 0.5) is 56.9 Å². The topological polar surface area (TPSA) is 43.7 Å². The molecule has 0 aliphatic heterocycles. The first kappa shape index (κ1) is 67.5. The number of nitrogens with zero attached hydrogens (tertiary/aromatic N) is 2. The Morgan fingerprint density at radius 1 is 0.295 bits per heavy atom. The van der Waals surface area contributed by atoms with Crippen LogP contribution in [0.1, 0.15) is 36.1 Å². The van der Waals surface area contributed by atoms with Gasteiger partial charge < -0.3 is 24.9 Å². The molecule has 1 aliphatic carbocycles. The van der Waals surface area contributed by atoms with E-state index in [0.717, 1.165) is 89.9 Å². The van der Waals surface area contributed by atoms with E-state index in [1.54, 1.807) is 0 Å². The smallest absolute Gasteiger partial charge is 0.137 e. The van der Waals surface area contributed by atoms with Gasteiger partial charge >= 0.3 is 0 Å². The van der Waals surface area contributed by atoms with Crippen molar-refractivity contribution in [2.24, 2.45) is 0 Å². The molecule has 0 spiro atoms. The molecule has 0 amide bonds. The van der Waals surface area contributed by atoms with Crippen molar-refractivity contribution >= 4 is 176 Å². The Balaban J connectivity index is 0.000000149. The molecule has 7 heteroatoms. The van der Waals surface area contributed by atoms with E-state index in [1.165, 1.54) is 118 Å². The third-order valence-corrected chi connectivity index (χ3v) is 24.7. The van der Waals surface area contributed by atoms with Gasteiger partial charge in [-0.05, 0) is 222 Å². The number of anilines is 10. The zero-order valence-corrected chi connectivity index (χ0v) is 63.5. The minimum atomic E-state index is -0.155. The van der Waals surface area contributed by atoms with Crippen LogP contribution in [0, 0.1) is 0 Å². The van der Waals surface area contributed by atoms with Crippen LogP contribution < -0.4 is 20.4 Å². The Kier molecular flexibility index (Phi) is 16.9. The molecule has 112 heavy (non-hydrogen) atoms. The summed E-state index contributed by atoms with van der Waals surface area (Å²) in [5, 5.41) is 19.6. The predicted molar refractivity (Wildman–Crippen MR) is 484 cm³/mol. The maximum atomic E-state index is 6.28. The van der Waals surface area contributed by atoms with E-state index in [2.05, 4.69) is 399 Å². The summed E-state index contributed by atoms with van der Waals surface area (Å²) in [6.07, 6.45) is 3.82. The Bertz CT molecular complexity index is 7070. The van der Waals surface area contributed by atoms with Crippen LogP contribution in [-0.4, -0.2) is 0 Å². The van der Waals surface area contributed by atoms with Crippen molar-refractivity contribution in [1.29, 1.82) is 0 Å². The van der Waals surface area contributed by atoms with Gasteiger partial charge in [0.25, 0.3) is 0 Å². The van der Waals surface area contributed by atoms with Crippen molar-refractivity contribution in [2.75, 3.05) is 20.4 Å². The summed E-state index contributed by atoms with van der Waals surface area (Å²) in [5.41, 5.74) is 27.4. The number of hydrogen-bond acceptors (Lipinski definition) is 7. The van der Waals surface area contributed by atoms with Crippen molar-refractivity contribution in [2.45, 2.75) is 19.3 Å². The van der Waals surface area contributed by atoms with Crippen molar-refractivity contribution in [3.8, 4) is 44.5 Å². The summed E-state index contributed by atoms with van der Waals surface area (Å²) in [6.45, 7) is 12.6. The molecule has 0 saturated carbocycles. The molecule has 532 valence electrons. The van der Waals surface area contributed by atoms with Crippen molar-refractivity contribution in [1.82, 2.24) is 0 Å². The Morgan fingerprint density at radius 2 is 0.821 bits per heavy atom. The van der Waals surface area contributed by atoms with Gasteiger partial charge in [-0.1, -0.05) is 258 Å². The number of benzene rings is 17.